The van der Waals surface area contributed by atoms with Crippen LogP contribution in [0.15, 0.2) is 42.5 Å². The molecular formula is C22H27N3O2. The van der Waals surface area contributed by atoms with E-state index in [4.69, 9.17) is 0 Å². The van der Waals surface area contributed by atoms with E-state index in [1.807, 2.05) is 54.4 Å². The van der Waals surface area contributed by atoms with Gasteiger partial charge in [-0.25, -0.2) is 0 Å². The van der Waals surface area contributed by atoms with E-state index in [1.54, 1.807) is 0 Å². The van der Waals surface area contributed by atoms with Crippen molar-refractivity contribution >= 4 is 22.6 Å². The highest BCUT2D eigenvalue weighted by Gasteiger charge is 2.46. The summed E-state index contributed by atoms with van der Waals surface area (Å²) in [6.45, 7) is 4.23. The highest BCUT2D eigenvalue weighted by molar-refractivity contribution is 5.98. The van der Waals surface area contributed by atoms with Crippen LogP contribution in [0.4, 0.5) is 0 Å². The minimum Gasteiger partial charge on any atom is -0.351 e. The minimum atomic E-state index is -0.112. The smallest absolute Gasteiger partial charge is 0.251 e. The zero-order valence-corrected chi connectivity index (χ0v) is 15.9. The molecule has 0 bridgehead atoms. The van der Waals surface area contributed by atoms with Crippen molar-refractivity contribution in [1.82, 2.24) is 15.1 Å². The first kappa shape index (κ1) is 18.0. The number of hydrogen-bond donors (Lipinski definition) is 1. The molecule has 1 spiro atoms. The SMILES string of the molecule is CN1CCC2(CCN(CCNC(=O)c3ccc4ccccc4c3)CC2)C1=O. The fourth-order valence-corrected chi connectivity index (χ4v) is 4.42. The van der Waals surface area contributed by atoms with Crippen LogP contribution in [0, 0.1) is 5.41 Å². The van der Waals surface area contributed by atoms with Gasteiger partial charge in [-0.1, -0.05) is 30.3 Å². The van der Waals surface area contributed by atoms with E-state index >= 15 is 0 Å². The standard InChI is InChI=1S/C22H27N3O2/c1-24-12-8-22(21(24)27)9-13-25(14-10-22)15-11-23-20(26)19-7-6-17-4-2-3-5-18(17)16-19/h2-7,16H,8-15H2,1H3,(H,23,26). The molecule has 2 aliphatic heterocycles. The van der Waals surface area contributed by atoms with Crippen LogP contribution in [0.3, 0.4) is 0 Å². The predicted molar refractivity (Wildman–Crippen MR) is 107 cm³/mol. The summed E-state index contributed by atoms with van der Waals surface area (Å²) < 4.78 is 0. The largest absolute Gasteiger partial charge is 0.351 e. The van der Waals surface area contributed by atoms with Crippen LogP contribution >= 0.6 is 0 Å². The van der Waals surface area contributed by atoms with Crippen LogP contribution in [-0.4, -0.2) is 61.4 Å². The average molecular weight is 365 g/mol. The van der Waals surface area contributed by atoms with Gasteiger partial charge in [0.25, 0.3) is 5.91 Å². The third kappa shape index (κ3) is 3.56. The second-order valence-corrected chi connectivity index (χ2v) is 7.92. The molecule has 2 aromatic rings. The van der Waals surface area contributed by atoms with Crippen molar-refractivity contribution in [2.45, 2.75) is 19.3 Å². The fraction of sp³-hybridized carbons (Fsp3) is 0.455. The number of likely N-dealkylation sites (tertiary alicyclic amines) is 2. The van der Waals surface area contributed by atoms with Gasteiger partial charge in [0, 0.05) is 32.2 Å². The molecule has 0 atom stereocenters. The molecule has 0 saturated carbocycles. The Bertz CT molecular complexity index is 856. The quantitative estimate of drug-likeness (QED) is 0.906. The molecule has 0 unspecified atom stereocenters. The van der Waals surface area contributed by atoms with E-state index < -0.39 is 0 Å². The van der Waals surface area contributed by atoms with Crippen molar-refractivity contribution in [3.63, 3.8) is 0 Å². The summed E-state index contributed by atoms with van der Waals surface area (Å²) in [5.41, 5.74) is 0.588. The van der Waals surface area contributed by atoms with Crippen LogP contribution < -0.4 is 5.32 Å². The summed E-state index contributed by atoms with van der Waals surface area (Å²) in [7, 11) is 1.91. The second kappa shape index (κ2) is 7.31. The number of nitrogens with zero attached hydrogens (tertiary/aromatic N) is 2. The molecule has 0 radical (unpaired) electrons. The Morgan fingerprint density at radius 1 is 1.04 bits per heavy atom. The summed E-state index contributed by atoms with van der Waals surface area (Å²) in [5, 5.41) is 5.26. The number of nitrogens with one attached hydrogen (secondary N) is 1. The normalized spacial score (nSPS) is 19.7. The van der Waals surface area contributed by atoms with Crippen molar-refractivity contribution in [2.24, 2.45) is 5.41 Å². The van der Waals surface area contributed by atoms with Crippen molar-refractivity contribution in [3.8, 4) is 0 Å². The number of carbonyl (C=O) groups is 2. The molecule has 0 aromatic heterocycles. The summed E-state index contributed by atoms with van der Waals surface area (Å²) >= 11 is 0. The van der Waals surface area contributed by atoms with Gasteiger partial charge in [0.05, 0.1) is 5.41 Å². The zero-order chi connectivity index (χ0) is 18.9. The minimum absolute atomic E-state index is 0.0261. The van der Waals surface area contributed by atoms with Gasteiger partial charge in [0.2, 0.25) is 5.91 Å². The Balaban J connectivity index is 1.26. The number of amides is 2. The van der Waals surface area contributed by atoms with E-state index in [9.17, 15) is 9.59 Å². The number of rotatable bonds is 4. The summed E-state index contributed by atoms with van der Waals surface area (Å²) in [6, 6.07) is 13.9. The first-order valence-electron chi connectivity index (χ1n) is 9.82. The number of piperidine rings is 1. The monoisotopic (exact) mass is 365 g/mol. The third-order valence-corrected chi connectivity index (χ3v) is 6.26. The Hall–Kier alpha value is -2.40. The maximum atomic E-state index is 12.4. The first-order chi connectivity index (χ1) is 13.1. The molecule has 1 N–H and O–H groups in total. The van der Waals surface area contributed by atoms with Gasteiger partial charge in [-0.15, -0.1) is 0 Å². The molecule has 0 aliphatic carbocycles. The molecule has 5 nitrogen and oxygen atoms in total. The van der Waals surface area contributed by atoms with Gasteiger partial charge in [-0.2, -0.15) is 0 Å². The van der Waals surface area contributed by atoms with Crippen LogP contribution in [0.1, 0.15) is 29.6 Å². The third-order valence-electron chi connectivity index (χ3n) is 6.26. The molecule has 2 saturated heterocycles. The van der Waals surface area contributed by atoms with Crippen molar-refractivity contribution in [3.05, 3.63) is 48.0 Å². The molecule has 2 aromatic carbocycles. The van der Waals surface area contributed by atoms with Gasteiger partial charge in [-0.05, 0) is 55.3 Å². The maximum Gasteiger partial charge on any atom is 0.251 e. The highest BCUT2D eigenvalue weighted by atomic mass is 16.2. The average Bonchev–Trinajstić information content (AvgIpc) is 2.98. The molecule has 2 amide bonds. The number of carbonyl (C=O) groups excluding carboxylic acids is 2. The Kier molecular flexibility index (Phi) is 4.87. The van der Waals surface area contributed by atoms with Gasteiger partial charge in [0.1, 0.15) is 0 Å². The van der Waals surface area contributed by atoms with E-state index in [0.717, 1.165) is 56.2 Å². The van der Waals surface area contributed by atoms with Gasteiger partial charge in [0.15, 0.2) is 0 Å². The van der Waals surface area contributed by atoms with Gasteiger partial charge >= 0.3 is 0 Å². The number of fused-ring (bicyclic) bond motifs is 1. The number of hydrogen-bond acceptors (Lipinski definition) is 3. The zero-order valence-electron chi connectivity index (χ0n) is 15.9. The Morgan fingerprint density at radius 2 is 1.74 bits per heavy atom. The molecule has 2 aliphatic rings. The van der Waals surface area contributed by atoms with Crippen molar-refractivity contribution in [1.29, 1.82) is 0 Å². The molecule has 27 heavy (non-hydrogen) atoms. The second-order valence-electron chi connectivity index (χ2n) is 7.92. The lowest BCUT2D eigenvalue weighted by atomic mass is 9.77. The molecule has 2 fully saturated rings. The van der Waals surface area contributed by atoms with E-state index in [2.05, 4.69) is 10.2 Å². The molecule has 4 rings (SSSR count). The first-order valence-corrected chi connectivity index (χ1v) is 9.82. The van der Waals surface area contributed by atoms with Crippen LogP contribution in [0.5, 0.6) is 0 Å². The van der Waals surface area contributed by atoms with Crippen molar-refractivity contribution in [2.75, 3.05) is 39.8 Å². The van der Waals surface area contributed by atoms with E-state index in [1.165, 1.54) is 0 Å². The molecule has 2 heterocycles. The predicted octanol–water partition coefficient (Wildman–Crippen LogP) is 2.51. The fourth-order valence-electron chi connectivity index (χ4n) is 4.42. The molecular weight excluding hydrogens is 338 g/mol. The maximum absolute atomic E-state index is 12.4. The topological polar surface area (TPSA) is 52.6 Å². The van der Waals surface area contributed by atoms with E-state index in [-0.39, 0.29) is 11.3 Å². The van der Waals surface area contributed by atoms with Crippen LogP contribution in [0.2, 0.25) is 0 Å². The lowest BCUT2D eigenvalue weighted by molar-refractivity contribution is -0.137. The van der Waals surface area contributed by atoms with Gasteiger partial charge in [-0.3, -0.25) is 9.59 Å². The lowest BCUT2D eigenvalue weighted by Crippen LogP contribution is -2.46. The van der Waals surface area contributed by atoms with Crippen LogP contribution in [-0.2, 0) is 4.79 Å². The molecule has 142 valence electrons. The summed E-state index contributed by atoms with van der Waals surface area (Å²) in [4.78, 5) is 29.1. The van der Waals surface area contributed by atoms with Crippen molar-refractivity contribution < 1.29 is 9.59 Å². The Labute approximate surface area is 160 Å². The lowest BCUT2D eigenvalue weighted by Gasteiger charge is -2.37. The Morgan fingerprint density at radius 3 is 2.44 bits per heavy atom. The number of benzene rings is 2. The summed E-state index contributed by atoms with van der Waals surface area (Å²) in [6.07, 6.45) is 2.87. The highest BCUT2D eigenvalue weighted by Crippen LogP contribution is 2.40. The summed E-state index contributed by atoms with van der Waals surface area (Å²) in [5.74, 6) is 0.300. The van der Waals surface area contributed by atoms with E-state index in [0.29, 0.717) is 18.0 Å². The van der Waals surface area contributed by atoms with Gasteiger partial charge < -0.3 is 15.1 Å². The van der Waals surface area contributed by atoms with Crippen LogP contribution in [0.25, 0.3) is 10.8 Å². The molecule has 5 heteroatoms.